The largest absolute Gasteiger partial charge is 0.465 e. The quantitative estimate of drug-likeness (QED) is 0.386. The number of carbonyl (C=O) groups excluding carboxylic acids is 1. The Hall–Kier alpha value is -2.71. The average molecular weight is 501 g/mol. The first kappa shape index (κ1) is 25.9. The van der Waals surface area contributed by atoms with E-state index < -0.39 is 16.0 Å². The molecule has 0 saturated heterocycles. The molecule has 0 bridgehead atoms. The summed E-state index contributed by atoms with van der Waals surface area (Å²) in [5, 5.41) is 0.761. The maximum atomic E-state index is 13.7. The zero-order valence-corrected chi connectivity index (χ0v) is 22.6. The second kappa shape index (κ2) is 9.50. The SMILES string of the molecule is CCN(c1nc(-c2ccc(C(C)(C)C)cc2)sc1C)S(=O)(=O)c1cc(C)c(C)c(C(=O)OC)c1. The third kappa shape index (κ3) is 4.88. The number of esters is 1. The van der Waals surface area contributed by atoms with Crippen LogP contribution in [0.5, 0.6) is 0 Å². The van der Waals surface area contributed by atoms with E-state index in [-0.39, 0.29) is 22.4 Å². The van der Waals surface area contributed by atoms with Gasteiger partial charge >= 0.3 is 5.97 Å². The third-order valence-electron chi connectivity index (χ3n) is 5.93. The molecule has 0 atom stereocenters. The van der Waals surface area contributed by atoms with Crippen molar-refractivity contribution in [1.29, 1.82) is 0 Å². The van der Waals surface area contributed by atoms with Crippen molar-refractivity contribution in [3.63, 3.8) is 0 Å². The highest BCUT2D eigenvalue weighted by Crippen LogP contribution is 2.36. The molecule has 0 amide bonds. The van der Waals surface area contributed by atoms with E-state index in [9.17, 15) is 13.2 Å². The topological polar surface area (TPSA) is 76.6 Å². The fourth-order valence-electron chi connectivity index (χ4n) is 3.71. The minimum Gasteiger partial charge on any atom is -0.465 e. The summed E-state index contributed by atoms with van der Waals surface area (Å²) in [7, 11) is -2.67. The van der Waals surface area contributed by atoms with Gasteiger partial charge in [0, 0.05) is 17.0 Å². The number of nitrogens with zero attached hydrogens (tertiary/aromatic N) is 2. The summed E-state index contributed by atoms with van der Waals surface area (Å²) in [6, 6.07) is 11.2. The van der Waals surface area contributed by atoms with Gasteiger partial charge in [0.15, 0.2) is 5.82 Å². The molecule has 0 fully saturated rings. The van der Waals surface area contributed by atoms with E-state index in [1.807, 2.05) is 19.1 Å². The van der Waals surface area contributed by atoms with Crippen LogP contribution in [0.15, 0.2) is 41.3 Å². The van der Waals surface area contributed by atoms with Gasteiger partial charge in [0.05, 0.1) is 17.6 Å². The first-order valence-corrected chi connectivity index (χ1v) is 13.4. The third-order valence-corrected chi connectivity index (χ3v) is 8.78. The summed E-state index contributed by atoms with van der Waals surface area (Å²) in [5.74, 6) is -0.160. The molecule has 0 aliphatic carbocycles. The van der Waals surface area contributed by atoms with Crippen LogP contribution in [0.25, 0.3) is 10.6 Å². The van der Waals surface area contributed by atoms with E-state index in [0.717, 1.165) is 15.4 Å². The molecule has 2 aromatic carbocycles. The van der Waals surface area contributed by atoms with Crippen LogP contribution in [0.1, 0.15) is 59.6 Å². The lowest BCUT2D eigenvalue weighted by atomic mass is 9.87. The second-order valence-corrected chi connectivity index (χ2v) is 12.4. The van der Waals surface area contributed by atoms with E-state index in [4.69, 9.17) is 9.72 Å². The van der Waals surface area contributed by atoms with Gasteiger partial charge in [0.2, 0.25) is 0 Å². The van der Waals surface area contributed by atoms with Gasteiger partial charge in [0.25, 0.3) is 10.0 Å². The molecule has 1 heterocycles. The molecule has 0 aliphatic heterocycles. The molecule has 0 radical (unpaired) electrons. The Morgan fingerprint density at radius 2 is 1.71 bits per heavy atom. The maximum absolute atomic E-state index is 13.7. The Kier molecular flexibility index (Phi) is 7.24. The number of ether oxygens (including phenoxy) is 1. The lowest BCUT2D eigenvalue weighted by Crippen LogP contribution is -2.32. The fraction of sp³-hybridized carbons (Fsp3) is 0.385. The van der Waals surface area contributed by atoms with Crippen LogP contribution in [0.2, 0.25) is 0 Å². The monoisotopic (exact) mass is 500 g/mol. The number of thiazole rings is 1. The predicted molar refractivity (Wildman–Crippen MR) is 138 cm³/mol. The first-order chi connectivity index (χ1) is 15.8. The molecular weight excluding hydrogens is 468 g/mol. The average Bonchev–Trinajstić information content (AvgIpc) is 3.15. The van der Waals surface area contributed by atoms with Crippen molar-refractivity contribution in [1.82, 2.24) is 4.98 Å². The van der Waals surface area contributed by atoms with Gasteiger partial charge in [0.1, 0.15) is 5.01 Å². The van der Waals surface area contributed by atoms with Crippen LogP contribution >= 0.6 is 11.3 Å². The number of hydrogen-bond acceptors (Lipinski definition) is 6. The predicted octanol–water partition coefficient (Wildman–Crippen LogP) is 6.03. The van der Waals surface area contributed by atoms with Gasteiger partial charge in [-0.1, -0.05) is 45.0 Å². The number of methoxy groups -OCH3 is 1. The Morgan fingerprint density at radius 1 is 1.09 bits per heavy atom. The number of hydrogen-bond donors (Lipinski definition) is 0. The van der Waals surface area contributed by atoms with Gasteiger partial charge in [-0.25, -0.2) is 22.5 Å². The zero-order valence-electron chi connectivity index (χ0n) is 21.0. The molecule has 1 aromatic heterocycles. The number of aryl methyl sites for hydroxylation is 2. The highest BCUT2D eigenvalue weighted by Gasteiger charge is 2.29. The number of anilines is 1. The minimum absolute atomic E-state index is 0.0429. The van der Waals surface area contributed by atoms with Crippen LogP contribution < -0.4 is 4.31 Å². The van der Waals surface area contributed by atoms with Crippen LogP contribution in [-0.2, 0) is 20.2 Å². The Morgan fingerprint density at radius 3 is 2.24 bits per heavy atom. The van der Waals surface area contributed by atoms with Crippen LogP contribution in [0.4, 0.5) is 5.82 Å². The summed E-state index contributed by atoms with van der Waals surface area (Å²) < 4.78 is 33.5. The Labute approximate surface area is 206 Å². The van der Waals surface area contributed by atoms with Crippen molar-refractivity contribution in [2.45, 2.75) is 58.8 Å². The lowest BCUT2D eigenvalue weighted by Gasteiger charge is -2.22. The lowest BCUT2D eigenvalue weighted by molar-refractivity contribution is 0.0599. The molecule has 8 heteroatoms. The molecule has 0 saturated carbocycles. The van der Waals surface area contributed by atoms with Crippen LogP contribution in [0.3, 0.4) is 0 Å². The van der Waals surface area contributed by atoms with E-state index >= 15 is 0 Å². The molecule has 0 unspecified atom stereocenters. The summed E-state index contributed by atoms with van der Waals surface area (Å²) in [5.41, 5.74) is 3.85. The Balaban J connectivity index is 2.05. The van der Waals surface area contributed by atoms with Gasteiger partial charge in [-0.15, -0.1) is 11.3 Å². The normalized spacial score (nSPS) is 12.0. The fourth-order valence-corrected chi connectivity index (χ4v) is 6.29. The van der Waals surface area contributed by atoms with E-state index in [2.05, 4.69) is 32.9 Å². The molecule has 3 rings (SSSR count). The van der Waals surface area contributed by atoms with Crippen LogP contribution in [0, 0.1) is 20.8 Å². The van der Waals surface area contributed by atoms with E-state index in [1.54, 1.807) is 26.8 Å². The number of sulfonamides is 1. The molecular formula is C26H32N2O4S2. The summed E-state index contributed by atoms with van der Waals surface area (Å²) in [4.78, 5) is 17.8. The van der Waals surface area contributed by atoms with E-state index in [1.165, 1.54) is 34.4 Å². The summed E-state index contributed by atoms with van der Waals surface area (Å²) in [6.45, 7) is 13.9. The number of rotatable bonds is 6. The molecule has 182 valence electrons. The van der Waals surface area contributed by atoms with Crippen molar-refractivity contribution in [3.05, 3.63) is 63.5 Å². The molecule has 6 nitrogen and oxygen atoms in total. The number of carbonyl (C=O) groups is 1. The molecule has 34 heavy (non-hydrogen) atoms. The number of aromatic nitrogens is 1. The first-order valence-electron chi connectivity index (χ1n) is 11.1. The molecule has 0 N–H and O–H groups in total. The van der Waals surface area contributed by atoms with Gasteiger partial charge in [-0.3, -0.25) is 0 Å². The zero-order chi connectivity index (χ0) is 25.4. The van der Waals surface area contributed by atoms with Crippen molar-refractivity contribution >= 4 is 33.1 Å². The molecule has 3 aromatic rings. The minimum atomic E-state index is -3.96. The smallest absolute Gasteiger partial charge is 0.338 e. The second-order valence-electron chi connectivity index (χ2n) is 9.30. The van der Waals surface area contributed by atoms with Crippen LogP contribution in [-0.4, -0.2) is 33.0 Å². The number of benzene rings is 2. The van der Waals surface area contributed by atoms with Crippen molar-refractivity contribution in [2.24, 2.45) is 0 Å². The summed E-state index contributed by atoms with van der Waals surface area (Å²) in [6.07, 6.45) is 0. The summed E-state index contributed by atoms with van der Waals surface area (Å²) >= 11 is 1.46. The Bertz CT molecular complexity index is 1320. The highest BCUT2D eigenvalue weighted by atomic mass is 32.2. The van der Waals surface area contributed by atoms with Crippen molar-refractivity contribution in [3.8, 4) is 10.6 Å². The van der Waals surface area contributed by atoms with Gasteiger partial charge in [-0.05, 0) is 61.9 Å². The molecule has 0 spiro atoms. The van der Waals surface area contributed by atoms with Gasteiger partial charge < -0.3 is 4.74 Å². The van der Waals surface area contributed by atoms with Crippen molar-refractivity contribution in [2.75, 3.05) is 18.0 Å². The van der Waals surface area contributed by atoms with Crippen molar-refractivity contribution < 1.29 is 17.9 Å². The highest BCUT2D eigenvalue weighted by molar-refractivity contribution is 7.92. The molecule has 0 aliphatic rings. The standard InChI is InChI=1S/C26H32N2O4S2/c1-9-28(34(30,31)21-14-16(2)17(3)22(15-21)25(29)32-8)23-18(4)33-24(27-23)19-10-12-20(13-11-19)26(5,6)7/h10-15H,9H2,1-8H3. The van der Waals surface area contributed by atoms with E-state index in [0.29, 0.717) is 16.9 Å². The maximum Gasteiger partial charge on any atom is 0.338 e. The van der Waals surface area contributed by atoms with Gasteiger partial charge in [-0.2, -0.15) is 0 Å².